The van der Waals surface area contributed by atoms with Crippen LogP contribution in [0.5, 0.6) is 0 Å². The highest BCUT2D eigenvalue weighted by atomic mass is 19.1. The number of fused-ring (bicyclic) bond motifs is 1. The summed E-state index contributed by atoms with van der Waals surface area (Å²) >= 11 is 0. The van der Waals surface area contributed by atoms with Gasteiger partial charge in [-0.15, -0.1) is 0 Å². The lowest BCUT2D eigenvalue weighted by molar-refractivity contribution is -0.132. The first-order valence-corrected chi connectivity index (χ1v) is 3.44. The van der Waals surface area contributed by atoms with Gasteiger partial charge < -0.3 is 0 Å². The Morgan fingerprint density at radius 2 is 2.22 bits per heavy atom. The zero-order valence-electron chi connectivity index (χ0n) is 5.14. The summed E-state index contributed by atoms with van der Waals surface area (Å²) in [5, 5.41) is 0. The van der Waals surface area contributed by atoms with Crippen molar-refractivity contribution in [3.05, 3.63) is 0 Å². The molecule has 0 N–H and O–H groups in total. The quantitative estimate of drug-likeness (QED) is 0.481. The van der Waals surface area contributed by atoms with Crippen molar-refractivity contribution in [3.63, 3.8) is 0 Å². The van der Waals surface area contributed by atoms with Crippen molar-refractivity contribution in [1.29, 1.82) is 0 Å². The summed E-state index contributed by atoms with van der Waals surface area (Å²) < 4.78 is 12.5. The summed E-state index contributed by atoms with van der Waals surface area (Å²) in [6.45, 7) is 0. The number of halogens is 1. The second kappa shape index (κ2) is 1.55. The van der Waals surface area contributed by atoms with Crippen LogP contribution in [0.15, 0.2) is 0 Å². The van der Waals surface area contributed by atoms with Gasteiger partial charge in [-0.2, -0.15) is 0 Å². The Kier molecular flexibility index (Phi) is 0.930. The van der Waals surface area contributed by atoms with E-state index in [0.29, 0.717) is 31.0 Å². The molecule has 1 nitrogen and oxygen atoms in total. The Morgan fingerprint density at radius 3 is 2.67 bits per heavy atom. The number of Topliss-reactive ketones (excluding diaryl/α,β-unsaturated/α-hetero) is 1. The molecule has 2 aliphatic carbocycles. The molecule has 2 aliphatic rings. The third-order valence-electron chi connectivity index (χ3n) is 2.51. The molecular weight excluding hydrogens is 119 g/mol. The number of carbonyl (C=O) groups is 1. The van der Waals surface area contributed by atoms with Gasteiger partial charge in [0.1, 0.15) is 12.0 Å². The number of rotatable bonds is 0. The fraction of sp³-hybridized carbons (Fsp3) is 0.857. The number of hydrogen-bond donors (Lipinski definition) is 0. The fourth-order valence-corrected chi connectivity index (χ4v) is 1.93. The van der Waals surface area contributed by atoms with Crippen molar-refractivity contribution >= 4 is 5.78 Å². The Balaban J connectivity index is 2.08. The minimum atomic E-state index is -0.675. The van der Waals surface area contributed by atoms with Gasteiger partial charge in [-0.1, -0.05) is 0 Å². The molecule has 2 heteroatoms. The molecule has 2 fully saturated rings. The predicted molar refractivity (Wildman–Crippen MR) is 30.7 cm³/mol. The summed E-state index contributed by atoms with van der Waals surface area (Å²) in [6.07, 6.45) is 1.15. The maximum absolute atomic E-state index is 12.5. The molecule has 0 aromatic rings. The second-order valence-corrected chi connectivity index (χ2v) is 3.11. The maximum atomic E-state index is 12.5. The van der Waals surface area contributed by atoms with Crippen molar-refractivity contribution < 1.29 is 9.18 Å². The molecule has 3 atom stereocenters. The average molecular weight is 128 g/mol. The highest BCUT2D eigenvalue weighted by Gasteiger charge is 2.46. The Bertz CT molecular complexity index is 155. The van der Waals surface area contributed by atoms with Crippen molar-refractivity contribution in [3.8, 4) is 0 Å². The van der Waals surface area contributed by atoms with E-state index in [-0.39, 0.29) is 5.92 Å². The van der Waals surface area contributed by atoms with Gasteiger partial charge in [-0.05, 0) is 18.8 Å². The summed E-state index contributed by atoms with van der Waals surface area (Å²) in [6, 6.07) is 0. The third kappa shape index (κ3) is 0.620. The van der Waals surface area contributed by atoms with Crippen LogP contribution in [0.3, 0.4) is 0 Å². The molecule has 0 radical (unpaired) electrons. The number of hydrogen-bond acceptors (Lipinski definition) is 1. The van der Waals surface area contributed by atoms with Gasteiger partial charge in [0.2, 0.25) is 0 Å². The Labute approximate surface area is 53.2 Å². The van der Waals surface area contributed by atoms with Crippen LogP contribution in [-0.2, 0) is 4.79 Å². The lowest BCUT2D eigenvalue weighted by atomic mass is 9.75. The molecule has 0 spiro atoms. The minimum Gasteiger partial charge on any atom is -0.299 e. The molecule has 0 aromatic carbocycles. The van der Waals surface area contributed by atoms with E-state index >= 15 is 0 Å². The fourth-order valence-electron chi connectivity index (χ4n) is 1.93. The minimum absolute atomic E-state index is 0.125. The van der Waals surface area contributed by atoms with Crippen LogP contribution < -0.4 is 0 Å². The molecule has 2 saturated carbocycles. The van der Waals surface area contributed by atoms with Gasteiger partial charge in [-0.25, -0.2) is 4.39 Å². The summed E-state index contributed by atoms with van der Waals surface area (Å²) in [4.78, 5) is 10.7. The summed E-state index contributed by atoms with van der Waals surface area (Å²) in [5.41, 5.74) is 0. The highest BCUT2D eigenvalue weighted by Crippen LogP contribution is 2.45. The average Bonchev–Trinajstić information content (AvgIpc) is 2.08. The normalized spacial score (nSPS) is 48.6. The maximum Gasteiger partial charge on any atom is 0.136 e. The number of ketones is 1. The highest BCUT2D eigenvalue weighted by molar-refractivity contribution is 5.87. The molecular formula is C7H9FO. The van der Waals surface area contributed by atoms with E-state index < -0.39 is 6.17 Å². The molecule has 0 unspecified atom stereocenters. The van der Waals surface area contributed by atoms with Crippen LogP contribution in [-0.4, -0.2) is 12.0 Å². The molecule has 0 amide bonds. The van der Waals surface area contributed by atoms with E-state index in [0.717, 1.165) is 0 Å². The van der Waals surface area contributed by atoms with Crippen LogP contribution in [0.25, 0.3) is 0 Å². The molecule has 0 aliphatic heterocycles. The molecule has 0 saturated heterocycles. The molecule has 50 valence electrons. The zero-order valence-corrected chi connectivity index (χ0v) is 5.14. The van der Waals surface area contributed by atoms with Gasteiger partial charge >= 0.3 is 0 Å². The molecule has 0 aromatic heterocycles. The van der Waals surface area contributed by atoms with E-state index in [9.17, 15) is 9.18 Å². The van der Waals surface area contributed by atoms with Crippen LogP contribution in [0, 0.1) is 11.8 Å². The van der Waals surface area contributed by atoms with E-state index in [1.807, 2.05) is 0 Å². The number of carbonyl (C=O) groups excluding carboxylic acids is 1. The smallest absolute Gasteiger partial charge is 0.136 e. The van der Waals surface area contributed by atoms with Gasteiger partial charge in [0.05, 0.1) is 0 Å². The predicted octanol–water partition coefficient (Wildman–Crippen LogP) is 1.32. The lowest BCUT2D eigenvalue weighted by Gasteiger charge is -2.27. The lowest BCUT2D eigenvalue weighted by Crippen LogP contribution is -2.32. The van der Waals surface area contributed by atoms with Gasteiger partial charge in [0.25, 0.3) is 0 Å². The largest absolute Gasteiger partial charge is 0.299 e. The van der Waals surface area contributed by atoms with Crippen molar-refractivity contribution in [2.45, 2.75) is 25.4 Å². The monoisotopic (exact) mass is 128 g/mol. The van der Waals surface area contributed by atoms with Crippen molar-refractivity contribution in [2.75, 3.05) is 0 Å². The molecule has 0 bridgehead atoms. The zero-order chi connectivity index (χ0) is 6.43. The van der Waals surface area contributed by atoms with E-state index in [4.69, 9.17) is 0 Å². The second-order valence-electron chi connectivity index (χ2n) is 3.11. The van der Waals surface area contributed by atoms with E-state index in [1.165, 1.54) is 0 Å². The van der Waals surface area contributed by atoms with Gasteiger partial charge in [0.15, 0.2) is 0 Å². The van der Waals surface area contributed by atoms with E-state index in [2.05, 4.69) is 0 Å². The first-order chi connectivity index (χ1) is 4.27. The first-order valence-electron chi connectivity index (χ1n) is 3.44. The van der Waals surface area contributed by atoms with Crippen molar-refractivity contribution in [2.24, 2.45) is 11.8 Å². The van der Waals surface area contributed by atoms with Crippen LogP contribution >= 0.6 is 0 Å². The van der Waals surface area contributed by atoms with Crippen molar-refractivity contribution in [1.82, 2.24) is 0 Å². The number of alkyl halides is 1. The standard InChI is InChI=1S/C7H9FO/c8-5-1-4-2-7(9)6(4)3-5/h4-6H,1-3H2/t4-,5+,6-/m1/s1. The van der Waals surface area contributed by atoms with Gasteiger partial charge in [-0.3, -0.25) is 4.79 Å². The van der Waals surface area contributed by atoms with E-state index in [1.54, 1.807) is 0 Å². The molecule has 9 heavy (non-hydrogen) atoms. The van der Waals surface area contributed by atoms with Crippen LogP contribution in [0.2, 0.25) is 0 Å². The molecule has 0 heterocycles. The summed E-state index contributed by atoms with van der Waals surface area (Å²) in [5.74, 6) is 0.840. The SMILES string of the molecule is O=C1C[C@H]2C[C@H](F)C[C@@H]12. The third-order valence-corrected chi connectivity index (χ3v) is 2.51. The topological polar surface area (TPSA) is 17.1 Å². The summed E-state index contributed by atoms with van der Waals surface area (Å²) in [7, 11) is 0. The van der Waals surface area contributed by atoms with Crippen LogP contribution in [0.4, 0.5) is 4.39 Å². The van der Waals surface area contributed by atoms with Gasteiger partial charge in [0, 0.05) is 12.3 Å². The first kappa shape index (κ1) is 5.39. The molecule has 2 rings (SSSR count). The Hall–Kier alpha value is -0.400. The van der Waals surface area contributed by atoms with Crippen LogP contribution in [0.1, 0.15) is 19.3 Å². The Morgan fingerprint density at radius 1 is 1.44 bits per heavy atom.